The van der Waals surface area contributed by atoms with Gasteiger partial charge in [-0.3, -0.25) is 0 Å². The molecular formula is C12H21ClN2O4S2. The van der Waals surface area contributed by atoms with Gasteiger partial charge < -0.3 is 5.32 Å². The largest absolute Gasteiger partial charge is 0.320 e. The number of hydrogen-bond acceptors (Lipinski definition) is 5. The van der Waals surface area contributed by atoms with Gasteiger partial charge in [0.2, 0.25) is 10.0 Å². The molecule has 0 saturated heterocycles. The van der Waals surface area contributed by atoms with E-state index in [-0.39, 0.29) is 28.0 Å². The molecule has 6 nitrogen and oxygen atoms in total. The summed E-state index contributed by atoms with van der Waals surface area (Å²) in [6.45, 7) is 2.52. The van der Waals surface area contributed by atoms with Crippen LogP contribution in [0.25, 0.3) is 0 Å². The first-order valence-corrected chi connectivity index (χ1v) is 9.44. The summed E-state index contributed by atoms with van der Waals surface area (Å²) in [6, 6.07) is 5.41. The molecule has 1 rings (SSSR count). The average Bonchev–Trinajstić information content (AvgIpc) is 2.44. The molecule has 0 radical (unpaired) electrons. The molecule has 0 unspecified atom stereocenters. The van der Waals surface area contributed by atoms with Crippen molar-refractivity contribution in [2.45, 2.75) is 23.1 Å². The maximum atomic E-state index is 12.0. The van der Waals surface area contributed by atoms with Gasteiger partial charge in [-0.25, -0.2) is 21.6 Å². The fourth-order valence-electron chi connectivity index (χ4n) is 1.56. The summed E-state index contributed by atoms with van der Waals surface area (Å²) < 4.78 is 50.0. The fraction of sp³-hybridized carbons (Fsp3) is 0.500. The van der Waals surface area contributed by atoms with Crippen molar-refractivity contribution in [1.29, 1.82) is 0 Å². The van der Waals surface area contributed by atoms with Crippen molar-refractivity contribution in [3.63, 3.8) is 0 Å². The second-order valence-electron chi connectivity index (χ2n) is 4.23. The molecule has 0 aliphatic carbocycles. The lowest BCUT2D eigenvalue weighted by atomic mass is 10.4. The van der Waals surface area contributed by atoms with Gasteiger partial charge in [-0.1, -0.05) is 13.0 Å². The Balaban J connectivity index is 0.00000400. The molecule has 9 heteroatoms. The molecule has 1 aromatic carbocycles. The quantitative estimate of drug-likeness (QED) is 0.672. The van der Waals surface area contributed by atoms with E-state index >= 15 is 0 Å². The molecule has 2 N–H and O–H groups in total. The Kier molecular flexibility index (Phi) is 8.42. The van der Waals surface area contributed by atoms with E-state index in [9.17, 15) is 16.8 Å². The topological polar surface area (TPSA) is 92.3 Å². The zero-order chi connectivity index (χ0) is 15.2. The molecule has 1 aromatic rings. The van der Waals surface area contributed by atoms with E-state index in [1.165, 1.54) is 31.2 Å². The summed E-state index contributed by atoms with van der Waals surface area (Å²) in [5.41, 5.74) is 0. The highest BCUT2D eigenvalue weighted by Crippen LogP contribution is 2.16. The van der Waals surface area contributed by atoms with Gasteiger partial charge >= 0.3 is 0 Å². The van der Waals surface area contributed by atoms with Crippen LogP contribution in [0.3, 0.4) is 0 Å². The Morgan fingerprint density at radius 2 is 1.67 bits per heavy atom. The zero-order valence-electron chi connectivity index (χ0n) is 12.0. The number of sulfone groups is 1. The van der Waals surface area contributed by atoms with E-state index in [2.05, 4.69) is 10.0 Å². The molecule has 0 aliphatic rings. The van der Waals surface area contributed by atoms with Gasteiger partial charge in [0.1, 0.15) is 0 Å². The lowest BCUT2D eigenvalue weighted by molar-refractivity contribution is 0.577. The van der Waals surface area contributed by atoms with Crippen molar-refractivity contribution in [1.82, 2.24) is 10.0 Å². The number of nitrogens with one attached hydrogen (secondary N) is 2. The van der Waals surface area contributed by atoms with E-state index in [0.29, 0.717) is 19.5 Å². The van der Waals surface area contributed by atoms with E-state index in [1.54, 1.807) is 7.05 Å². The molecule has 0 heterocycles. The summed E-state index contributed by atoms with van der Waals surface area (Å²) in [5, 5.41) is 2.92. The van der Waals surface area contributed by atoms with E-state index < -0.39 is 19.9 Å². The average molecular weight is 357 g/mol. The molecule has 0 saturated carbocycles. The first kappa shape index (κ1) is 20.3. The van der Waals surface area contributed by atoms with Gasteiger partial charge in [0.15, 0.2) is 9.84 Å². The van der Waals surface area contributed by atoms with E-state index in [0.717, 1.165) is 0 Å². The summed E-state index contributed by atoms with van der Waals surface area (Å²) in [5.74, 6) is -0.0634. The van der Waals surface area contributed by atoms with Crippen LogP contribution < -0.4 is 10.0 Å². The third-order valence-electron chi connectivity index (χ3n) is 2.75. The third kappa shape index (κ3) is 5.91. The number of rotatable bonds is 8. The van der Waals surface area contributed by atoms with Crippen molar-refractivity contribution in [3.8, 4) is 0 Å². The van der Waals surface area contributed by atoms with Crippen LogP contribution in [-0.4, -0.2) is 42.7 Å². The normalized spacial score (nSPS) is 11.9. The van der Waals surface area contributed by atoms with Gasteiger partial charge in [0.05, 0.1) is 15.5 Å². The molecule has 21 heavy (non-hydrogen) atoms. The molecule has 0 spiro atoms. The first-order valence-electron chi connectivity index (χ1n) is 6.30. The van der Waals surface area contributed by atoms with Gasteiger partial charge in [-0.05, 0) is 38.2 Å². The Labute approximate surface area is 132 Å². The Bertz CT molecular complexity index is 645. The van der Waals surface area contributed by atoms with Gasteiger partial charge in [0, 0.05) is 6.54 Å². The van der Waals surface area contributed by atoms with Crippen LogP contribution in [0.1, 0.15) is 13.3 Å². The minimum absolute atomic E-state index is 0. The predicted molar refractivity (Wildman–Crippen MR) is 85.1 cm³/mol. The minimum atomic E-state index is -3.67. The number of sulfonamides is 1. The maximum Gasteiger partial charge on any atom is 0.240 e. The summed E-state index contributed by atoms with van der Waals surface area (Å²) in [6.07, 6.45) is 0.655. The van der Waals surface area contributed by atoms with Crippen molar-refractivity contribution in [2.75, 3.05) is 25.9 Å². The van der Waals surface area contributed by atoms with Crippen LogP contribution in [0.4, 0.5) is 0 Å². The second kappa shape index (κ2) is 8.70. The number of halogens is 1. The maximum absolute atomic E-state index is 12.0. The first-order chi connectivity index (χ1) is 9.33. The summed E-state index contributed by atoms with van der Waals surface area (Å²) in [4.78, 5) is -0.00502. The smallest absolute Gasteiger partial charge is 0.240 e. The van der Waals surface area contributed by atoms with Crippen LogP contribution in [0.2, 0.25) is 0 Å². The number of benzene rings is 1. The van der Waals surface area contributed by atoms with Crippen molar-refractivity contribution in [3.05, 3.63) is 24.3 Å². The molecule has 0 atom stereocenters. The Hall–Kier alpha value is -0.670. The summed E-state index contributed by atoms with van der Waals surface area (Å²) >= 11 is 0. The van der Waals surface area contributed by atoms with Gasteiger partial charge in [-0.2, -0.15) is 0 Å². The van der Waals surface area contributed by atoms with Crippen molar-refractivity contribution >= 4 is 32.3 Å². The van der Waals surface area contributed by atoms with Crippen LogP contribution in [-0.2, 0) is 19.9 Å². The van der Waals surface area contributed by atoms with Crippen molar-refractivity contribution < 1.29 is 16.8 Å². The lowest BCUT2D eigenvalue weighted by Crippen LogP contribution is -2.27. The van der Waals surface area contributed by atoms with Gasteiger partial charge in [0.25, 0.3) is 0 Å². The SMILES string of the molecule is CCS(=O)(=O)c1cccc(S(=O)(=O)NCCCNC)c1.Cl. The zero-order valence-corrected chi connectivity index (χ0v) is 14.4. The second-order valence-corrected chi connectivity index (χ2v) is 8.28. The molecule has 0 aliphatic heterocycles. The highest BCUT2D eigenvalue weighted by molar-refractivity contribution is 7.91. The van der Waals surface area contributed by atoms with Crippen LogP contribution in [0.5, 0.6) is 0 Å². The molecule has 122 valence electrons. The predicted octanol–water partition coefficient (Wildman–Crippen LogP) is 0.790. The molecule has 0 fully saturated rings. The third-order valence-corrected chi connectivity index (χ3v) is 5.94. The fourth-order valence-corrected chi connectivity index (χ4v) is 3.68. The standard InChI is InChI=1S/C12H20N2O4S2.ClH/c1-3-19(15,16)11-6-4-7-12(10-11)20(17,18)14-9-5-8-13-2;/h4,6-7,10,13-14H,3,5,8-9H2,1-2H3;1H. The molecule has 0 bridgehead atoms. The highest BCUT2D eigenvalue weighted by Gasteiger charge is 2.17. The lowest BCUT2D eigenvalue weighted by Gasteiger charge is -2.08. The molecule has 0 aromatic heterocycles. The minimum Gasteiger partial charge on any atom is -0.320 e. The van der Waals surface area contributed by atoms with Crippen LogP contribution in [0, 0.1) is 0 Å². The Morgan fingerprint density at radius 1 is 1.05 bits per heavy atom. The van der Waals surface area contributed by atoms with E-state index in [4.69, 9.17) is 0 Å². The van der Waals surface area contributed by atoms with E-state index in [1.807, 2.05) is 0 Å². The monoisotopic (exact) mass is 356 g/mol. The van der Waals surface area contributed by atoms with Crippen LogP contribution >= 0.6 is 12.4 Å². The number of hydrogen-bond donors (Lipinski definition) is 2. The van der Waals surface area contributed by atoms with Crippen molar-refractivity contribution in [2.24, 2.45) is 0 Å². The highest BCUT2D eigenvalue weighted by atomic mass is 35.5. The summed E-state index contributed by atoms with van der Waals surface area (Å²) in [7, 11) is -5.30. The van der Waals surface area contributed by atoms with Crippen LogP contribution in [0.15, 0.2) is 34.1 Å². The van der Waals surface area contributed by atoms with Gasteiger partial charge in [-0.15, -0.1) is 12.4 Å². The molecular weight excluding hydrogens is 336 g/mol. The Morgan fingerprint density at radius 3 is 2.24 bits per heavy atom. The molecule has 0 amide bonds.